The summed E-state index contributed by atoms with van der Waals surface area (Å²) in [4.78, 5) is 23.1. The summed E-state index contributed by atoms with van der Waals surface area (Å²) >= 11 is 0. The van der Waals surface area contributed by atoms with Crippen LogP contribution >= 0.6 is 0 Å². The third-order valence-corrected chi connectivity index (χ3v) is 5.23. The van der Waals surface area contributed by atoms with E-state index in [0.717, 1.165) is 36.5 Å². The van der Waals surface area contributed by atoms with Gasteiger partial charge in [0.25, 0.3) is 0 Å². The lowest BCUT2D eigenvalue weighted by molar-refractivity contribution is 0.0808. The van der Waals surface area contributed by atoms with Crippen molar-refractivity contribution in [2.45, 2.75) is 39.3 Å². The van der Waals surface area contributed by atoms with Gasteiger partial charge in [0.05, 0.1) is 23.7 Å². The number of Topliss-reactive ketones (excluding diaryl/α,β-unsaturated/α-hetero) is 1. The number of hydrogen-bond donors (Lipinski definition) is 1. The van der Waals surface area contributed by atoms with Crippen molar-refractivity contribution in [1.82, 2.24) is 14.9 Å². The zero-order valence-corrected chi connectivity index (χ0v) is 16.8. The molecule has 1 aliphatic heterocycles. The number of likely N-dealkylation sites (tertiary alicyclic amines) is 1. The number of rotatable bonds is 6. The zero-order chi connectivity index (χ0) is 20.4. The number of benzene rings is 2. The molecule has 29 heavy (non-hydrogen) atoms. The number of ketones is 1. The minimum atomic E-state index is -0.278. The molecule has 2 heterocycles. The molecule has 0 unspecified atom stereocenters. The van der Waals surface area contributed by atoms with Crippen LogP contribution in [0.25, 0.3) is 11.0 Å². The fraction of sp³-hybridized carbons (Fsp3) is 0.391. The predicted octanol–water partition coefficient (Wildman–Crippen LogP) is 4.58. The molecule has 1 saturated heterocycles. The van der Waals surface area contributed by atoms with Crippen molar-refractivity contribution in [3.63, 3.8) is 0 Å². The first-order valence-corrected chi connectivity index (χ1v) is 10.2. The summed E-state index contributed by atoms with van der Waals surface area (Å²) in [7, 11) is 0. The number of carbonyl (C=O) groups excluding carboxylic acids is 1. The van der Waals surface area contributed by atoms with Crippen molar-refractivity contribution in [3.05, 3.63) is 59.7 Å². The SMILES string of the molecule is CC(C)Oc1cccc(C(=O)[C@H]2CCCN(Cc3nc4ccc(F)cc4[nH]3)C2)c1. The summed E-state index contributed by atoms with van der Waals surface area (Å²) in [5.41, 5.74) is 2.16. The second-order valence-corrected chi connectivity index (χ2v) is 7.98. The summed E-state index contributed by atoms with van der Waals surface area (Å²) in [6.07, 6.45) is 1.92. The Morgan fingerprint density at radius 3 is 3.00 bits per heavy atom. The van der Waals surface area contributed by atoms with Gasteiger partial charge in [-0.1, -0.05) is 12.1 Å². The normalized spacial score (nSPS) is 17.7. The van der Waals surface area contributed by atoms with E-state index in [1.54, 1.807) is 6.07 Å². The summed E-state index contributed by atoms with van der Waals surface area (Å²) < 4.78 is 19.1. The highest BCUT2D eigenvalue weighted by Crippen LogP contribution is 2.24. The van der Waals surface area contributed by atoms with E-state index in [0.29, 0.717) is 24.2 Å². The maximum Gasteiger partial charge on any atom is 0.167 e. The highest BCUT2D eigenvalue weighted by molar-refractivity contribution is 5.98. The van der Waals surface area contributed by atoms with Gasteiger partial charge in [-0.15, -0.1) is 0 Å². The minimum Gasteiger partial charge on any atom is -0.491 e. The van der Waals surface area contributed by atoms with Crippen LogP contribution in [-0.4, -0.2) is 39.8 Å². The maximum atomic E-state index is 13.4. The lowest BCUT2D eigenvalue weighted by Gasteiger charge is -2.31. The number of ether oxygens (including phenoxy) is 1. The highest BCUT2D eigenvalue weighted by atomic mass is 19.1. The van der Waals surface area contributed by atoms with Crippen LogP contribution < -0.4 is 4.74 Å². The van der Waals surface area contributed by atoms with E-state index in [1.807, 2.05) is 38.1 Å². The molecule has 0 bridgehead atoms. The number of imidazole rings is 1. The Kier molecular flexibility index (Phi) is 5.62. The maximum absolute atomic E-state index is 13.4. The van der Waals surface area contributed by atoms with Crippen LogP contribution in [0.15, 0.2) is 42.5 Å². The number of aromatic nitrogens is 2. The van der Waals surface area contributed by atoms with E-state index in [4.69, 9.17) is 4.74 Å². The Morgan fingerprint density at radius 2 is 2.17 bits per heavy atom. The Balaban J connectivity index is 1.44. The molecule has 2 aromatic carbocycles. The number of nitrogens with zero attached hydrogens (tertiary/aromatic N) is 2. The molecule has 152 valence electrons. The molecule has 3 aromatic rings. The molecule has 0 amide bonds. The van der Waals surface area contributed by atoms with Gasteiger partial charge in [0.1, 0.15) is 17.4 Å². The molecule has 1 fully saturated rings. The van der Waals surface area contributed by atoms with Crippen LogP contribution in [0.1, 0.15) is 42.9 Å². The minimum absolute atomic E-state index is 0.0418. The van der Waals surface area contributed by atoms with Crippen LogP contribution in [0.3, 0.4) is 0 Å². The third-order valence-electron chi connectivity index (χ3n) is 5.23. The Morgan fingerprint density at radius 1 is 1.31 bits per heavy atom. The molecule has 0 saturated carbocycles. The van der Waals surface area contributed by atoms with Crippen LogP contribution in [0.4, 0.5) is 4.39 Å². The zero-order valence-electron chi connectivity index (χ0n) is 16.8. The Hall–Kier alpha value is -2.73. The molecule has 4 rings (SSSR count). The van der Waals surface area contributed by atoms with Crippen LogP contribution in [-0.2, 0) is 6.54 Å². The van der Waals surface area contributed by atoms with E-state index < -0.39 is 0 Å². The van der Waals surface area contributed by atoms with Gasteiger partial charge in [-0.2, -0.15) is 0 Å². The van der Waals surface area contributed by atoms with Crippen molar-refractivity contribution in [1.29, 1.82) is 0 Å². The van der Waals surface area contributed by atoms with Gasteiger partial charge < -0.3 is 9.72 Å². The second-order valence-electron chi connectivity index (χ2n) is 7.98. The smallest absolute Gasteiger partial charge is 0.167 e. The van der Waals surface area contributed by atoms with Crippen molar-refractivity contribution >= 4 is 16.8 Å². The number of halogens is 1. The fourth-order valence-corrected chi connectivity index (χ4v) is 3.97. The average Bonchev–Trinajstić information content (AvgIpc) is 3.08. The Bertz CT molecular complexity index is 1010. The van der Waals surface area contributed by atoms with Gasteiger partial charge in [0.2, 0.25) is 0 Å². The number of H-pyrrole nitrogens is 1. The first-order valence-electron chi connectivity index (χ1n) is 10.2. The first-order chi connectivity index (χ1) is 14.0. The lowest BCUT2D eigenvalue weighted by Crippen LogP contribution is -2.38. The highest BCUT2D eigenvalue weighted by Gasteiger charge is 2.27. The van der Waals surface area contributed by atoms with Crippen molar-refractivity contribution in [3.8, 4) is 5.75 Å². The number of carbonyl (C=O) groups is 1. The molecule has 1 aromatic heterocycles. The van der Waals surface area contributed by atoms with Gasteiger partial charge in [-0.3, -0.25) is 9.69 Å². The van der Waals surface area contributed by atoms with Crippen LogP contribution in [0.2, 0.25) is 0 Å². The second kappa shape index (κ2) is 8.33. The number of hydrogen-bond acceptors (Lipinski definition) is 4. The standard InChI is InChI=1S/C23H26FN3O2/c1-15(2)29-19-7-3-5-16(11-19)23(28)17-6-4-10-27(13-17)14-22-25-20-9-8-18(24)12-21(20)26-22/h3,5,7-9,11-12,15,17H,4,6,10,13-14H2,1-2H3,(H,25,26)/t17-/m0/s1. The van der Waals surface area contributed by atoms with E-state index in [-0.39, 0.29) is 23.6 Å². The molecule has 6 heteroatoms. The molecule has 0 aliphatic carbocycles. The van der Waals surface area contributed by atoms with Gasteiger partial charge in [-0.05, 0) is 63.6 Å². The fourth-order valence-electron chi connectivity index (χ4n) is 3.97. The Labute approximate surface area is 169 Å². The van der Waals surface area contributed by atoms with Crippen molar-refractivity contribution in [2.24, 2.45) is 5.92 Å². The molecule has 1 atom stereocenters. The molecule has 1 N–H and O–H groups in total. The first kappa shape index (κ1) is 19.6. The van der Waals surface area contributed by atoms with E-state index in [1.165, 1.54) is 12.1 Å². The molecule has 0 spiro atoms. The topological polar surface area (TPSA) is 58.2 Å². The monoisotopic (exact) mass is 395 g/mol. The van der Waals surface area contributed by atoms with Crippen LogP contribution in [0, 0.1) is 11.7 Å². The van der Waals surface area contributed by atoms with Crippen LogP contribution in [0.5, 0.6) is 5.75 Å². The summed E-state index contributed by atoms with van der Waals surface area (Å²) in [5, 5.41) is 0. The van der Waals surface area contributed by atoms with Gasteiger partial charge in [0.15, 0.2) is 5.78 Å². The summed E-state index contributed by atoms with van der Waals surface area (Å²) in [6.45, 7) is 6.18. The molecular weight excluding hydrogens is 369 g/mol. The van der Waals surface area contributed by atoms with E-state index in [9.17, 15) is 9.18 Å². The van der Waals surface area contributed by atoms with E-state index in [2.05, 4.69) is 14.9 Å². The summed E-state index contributed by atoms with van der Waals surface area (Å²) in [5.74, 6) is 1.37. The van der Waals surface area contributed by atoms with Gasteiger partial charge >= 0.3 is 0 Å². The molecule has 0 radical (unpaired) electrons. The predicted molar refractivity (Wildman–Crippen MR) is 111 cm³/mol. The lowest BCUT2D eigenvalue weighted by atomic mass is 9.90. The van der Waals surface area contributed by atoms with Gasteiger partial charge in [-0.25, -0.2) is 9.37 Å². The van der Waals surface area contributed by atoms with Crippen molar-refractivity contribution < 1.29 is 13.9 Å². The number of fused-ring (bicyclic) bond motifs is 1. The largest absolute Gasteiger partial charge is 0.491 e. The summed E-state index contributed by atoms with van der Waals surface area (Å²) in [6, 6.07) is 12.0. The average molecular weight is 395 g/mol. The third kappa shape index (κ3) is 4.65. The quantitative estimate of drug-likeness (QED) is 0.621. The molecule has 5 nitrogen and oxygen atoms in total. The number of nitrogens with one attached hydrogen (secondary N) is 1. The number of aromatic amines is 1. The van der Waals surface area contributed by atoms with Gasteiger partial charge in [0, 0.05) is 18.0 Å². The molecule has 1 aliphatic rings. The number of piperidine rings is 1. The van der Waals surface area contributed by atoms with E-state index >= 15 is 0 Å². The van der Waals surface area contributed by atoms with Crippen molar-refractivity contribution in [2.75, 3.05) is 13.1 Å². The molecular formula is C23H26FN3O2.